The second kappa shape index (κ2) is 44.1. The van der Waals surface area contributed by atoms with Crippen LogP contribution in [0.4, 0.5) is 0 Å². The van der Waals surface area contributed by atoms with Crippen molar-refractivity contribution in [2.45, 2.75) is 232 Å². The molecule has 318 valence electrons. The third-order valence-corrected chi connectivity index (χ3v) is 9.85. The molecule has 0 aliphatic carbocycles. The molecule has 1 unspecified atom stereocenters. The number of esters is 3. The summed E-state index contributed by atoms with van der Waals surface area (Å²) in [5.74, 6) is -0.914. The second-order valence-electron chi connectivity index (χ2n) is 15.3. The molecule has 55 heavy (non-hydrogen) atoms. The van der Waals surface area contributed by atoms with Gasteiger partial charge in [0.15, 0.2) is 6.10 Å². The Morgan fingerprint density at radius 1 is 0.382 bits per heavy atom. The average Bonchev–Trinajstić information content (AvgIpc) is 3.18. The first-order valence-corrected chi connectivity index (χ1v) is 23.1. The van der Waals surface area contributed by atoms with Crippen LogP contribution in [0.5, 0.6) is 0 Å². The summed E-state index contributed by atoms with van der Waals surface area (Å²) in [6, 6.07) is 0. The highest BCUT2D eigenvalue weighted by atomic mass is 16.6. The molecule has 0 aromatic heterocycles. The van der Waals surface area contributed by atoms with E-state index in [4.69, 9.17) is 14.2 Å². The number of hydrogen-bond acceptors (Lipinski definition) is 6. The van der Waals surface area contributed by atoms with Gasteiger partial charge in [-0.2, -0.15) is 0 Å². The summed E-state index contributed by atoms with van der Waals surface area (Å²) in [5.41, 5.74) is 0. The number of hydrogen-bond donors (Lipinski definition) is 0. The van der Waals surface area contributed by atoms with Crippen molar-refractivity contribution in [2.24, 2.45) is 0 Å². The fourth-order valence-electron chi connectivity index (χ4n) is 6.37. The van der Waals surface area contributed by atoms with Crippen molar-refractivity contribution in [1.29, 1.82) is 0 Å². The zero-order chi connectivity index (χ0) is 40.1. The maximum absolute atomic E-state index is 12.7. The molecule has 0 aliphatic heterocycles. The van der Waals surface area contributed by atoms with E-state index >= 15 is 0 Å². The number of ether oxygens (including phenoxy) is 3. The summed E-state index contributed by atoms with van der Waals surface area (Å²) in [7, 11) is 0. The minimum Gasteiger partial charge on any atom is -0.462 e. The third-order valence-electron chi connectivity index (χ3n) is 9.85. The zero-order valence-electron chi connectivity index (χ0n) is 36.2. The number of rotatable bonds is 41. The van der Waals surface area contributed by atoms with Crippen LogP contribution >= 0.6 is 0 Å². The molecule has 0 saturated carbocycles. The van der Waals surface area contributed by atoms with Crippen molar-refractivity contribution in [3.05, 3.63) is 48.6 Å². The maximum atomic E-state index is 12.7. The van der Waals surface area contributed by atoms with Crippen molar-refractivity contribution in [2.75, 3.05) is 13.2 Å². The van der Waals surface area contributed by atoms with E-state index in [1.54, 1.807) is 0 Å². The molecule has 0 spiro atoms. The van der Waals surface area contributed by atoms with Gasteiger partial charge in [0.05, 0.1) is 0 Å². The zero-order valence-corrected chi connectivity index (χ0v) is 36.2. The molecule has 0 amide bonds. The van der Waals surface area contributed by atoms with Crippen molar-refractivity contribution < 1.29 is 28.6 Å². The monoisotopic (exact) mass is 771 g/mol. The summed E-state index contributed by atoms with van der Waals surface area (Å²) in [6.07, 6.45) is 50.9. The standard InChI is InChI=1S/C49H86O6/c1-4-7-10-13-16-19-21-23-24-25-26-28-30-33-36-39-42-48(51)54-45-46(44-53-47(50)41-38-35-32-29-18-15-12-9-6-3)55-49(52)43-40-37-34-31-27-22-20-17-14-11-8-5-2/h7,10,16,19,23-24,26,28,46H,4-6,8-9,11-15,17-18,20-22,25,27,29-45H2,1-3H3/b10-7-,19-16-,24-23-,28-26-. The fraction of sp³-hybridized carbons (Fsp3) is 0.776. The lowest BCUT2D eigenvalue weighted by molar-refractivity contribution is -0.167. The largest absolute Gasteiger partial charge is 0.462 e. The van der Waals surface area contributed by atoms with Crippen molar-refractivity contribution in [1.82, 2.24) is 0 Å². The predicted molar refractivity (Wildman–Crippen MR) is 233 cm³/mol. The molecule has 0 saturated heterocycles. The Hall–Kier alpha value is -2.63. The molecule has 0 bridgehead atoms. The van der Waals surface area contributed by atoms with E-state index < -0.39 is 6.10 Å². The smallest absolute Gasteiger partial charge is 0.306 e. The fourth-order valence-corrected chi connectivity index (χ4v) is 6.37. The quantitative estimate of drug-likeness (QED) is 0.0267. The molecule has 0 heterocycles. The molecule has 0 aromatic rings. The van der Waals surface area contributed by atoms with Crippen molar-refractivity contribution in [3.8, 4) is 0 Å². The Kier molecular flexibility index (Phi) is 42.0. The Morgan fingerprint density at radius 2 is 0.709 bits per heavy atom. The molecule has 6 nitrogen and oxygen atoms in total. The van der Waals surface area contributed by atoms with Crippen LogP contribution in [-0.2, 0) is 28.6 Å². The lowest BCUT2D eigenvalue weighted by Crippen LogP contribution is -2.30. The Labute approximate surface area is 339 Å². The van der Waals surface area contributed by atoms with Crippen LogP contribution in [-0.4, -0.2) is 37.2 Å². The summed E-state index contributed by atoms with van der Waals surface area (Å²) in [4.78, 5) is 37.7. The van der Waals surface area contributed by atoms with Crippen molar-refractivity contribution in [3.63, 3.8) is 0 Å². The number of carbonyl (C=O) groups is 3. The minimum atomic E-state index is -0.779. The Morgan fingerprint density at radius 3 is 1.11 bits per heavy atom. The van der Waals surface area contributed by atoms with Crippen LogP contribution in [0.15, 0.2) is 48.6 Å². The summed E-state index contributed by atoms with van der Waals surface area (Å²) >= 11 is 0. The summed E-state index contributed by atoms with van der Waals surface area (Å²) < 4.78 is 16.7. The van der Waals surface area contributed by atoms with E-state index in [0.717, 1.165) is 89.9 Å². The van der Waals surface area contributed by atoms with E-state index in [1.165, 1.54) is 96.3 Å². The van der Waals surface area contributed by atoms with Crippen LogP contribution in [0.1, 0.15) is 226 Å². The van der Waals surface area contributed by atoms with E-state index in [2.05, 4.69) is 69.4 Å². The molecule has 0 fully saturated rings. The van der Waals surface area contributed by atoms with Gasteiger partial charge in [0, 0.05) is 19.3 Å². The van der Waals surface area contributed by atoms with Crippen molar-refractivity contribution >= 4 is 17.9 Å². The Bertz CT molecular complexity index is 980. The first-order chi connectivity index (χ1) is 27.0. The average molecular weight is 771 g/mol. The van der Waals surface area contributed by atoms with Gasteiger partial charge in [-0.15, -0.1) is 0 Å². The third kappa shape index (κ3) is 42.4. The van der Waals surface area contributed by atoms with Crippen LogP contribution in [0.2, 0.25) is 0 Å². The van der Waals surface area contributed by atoms with E-state index in [-0.39, 0.29) is 31.1 Å². The highest BCUT2D eigenvalue weighted by molar-refractivity contribution is 5.71. The number of carbonyl (C=O) groups excluding carboxylic acids is 3. The van der Waals surface area contributed by atoms with Gasteiger partial charge in [-0.05, 0) is 57.8 Å². The lowest BCUT2D eigenvalue weighted by Gasteiger charge is -2.18. The van der Waals surface area contributed by atoms with Gasteiger partial charge in [0.1, 0.15) is 13.2 Å². The molecule has 0 radical (unpaired) electrons. The summed E-state index contributed by atoms with van der Waals surface area (Å²) in [6.45, 7) is 6.47. The first kappa shape index (κ1) is 52.4. The van der Waals surface area contributed by atoms with E-state index in [1.807, 2.05) is 0 Å². The summed E-state index contributed by atoms with van der Waals surface area (Å²) in [5, 5.41) is 0. The second-order valence-corrected chi connectivity index (χ2v) is 15.3. The van der Waals surface area contributed by atoms with Crippen LogP contribution in [0.25, 0.3) is 0 Å². The first-order valence-electron chi connectivity index (χ1n) is 23.1. The predicted octanol–water partition coefficient (Wildman–Crippen LogP) is 14.8. The molecular weight excluding hydrogens is 685 g/mol. The molecule has 0 N–H and O–H groups in total. The normalized spacial score (nSPS) is 12.4. The molecule has 0 rings (SSSR count). The molecule has 0 aliphatic rings. The maximum Gasteiger partial charge on any atom is 0.306 e. The topological polar surface area (TPSA) is 78.9 Å². The molecule has 0 aromatic carbocycles. The van der Waals surface area contributed by atoms with Gasteiger partial charge in [-0.3, -0.25) is 14.4 Å². The van der Waals surface area contributed by atoms with Crippen LogP contribution in [0, 0.1) is 0 Å². The van der Waals surface area contributed by atoms with E-state index in [0.29, 0.717) is 19.3 Å². The van der Waals surface area contributed by atoms with Gasteiger partial charge >= 0.3 is 17.9 Å². The molecular formula is C49H86O6. The van der Waals surface area contributed by atoms with Crippen LogP contribution < -0.4 is 0 Å². The van der Waals surface area contributed by atoms with Crippen LogP contribution in [0.3, 0.4) is 0 Å². The molecule has 1 atom stereocenters. The lowest BCUT2D eigenvalue weighted by atomic mass is 10.0. The van der Waals surface area contributed by atoms with Gasteiger partial charge in [0.25, 0.3) is 0 Å². The number of allylic oxidation sites excluding steroid dienone is 8. The van der Waals surface area contributed by atoms with Gasteiger partial charge in [0.2, 0.25) is 0 Å². The van der Waals surface area contributed by atoms with E-state index in [9.17, 15) is 14.4 Å². The Balaban J connectivity index is 4.39. The SMILES string of the molecule is CC/C=C\C/C=C\C/C=C\C/C=C\CCCCCC(=O)OCC(COC(=O)CCCCCCCCCCC)OC(=O)CCCCCCCCCCCCCC. The highest BCUT2D eigenvalue weighted by Gasteiger charge is 2.19. The molecule has 6 heteroatoms. The van der Waals surface area contributed by atoms with Gasteiger partial charge < -0.3 is 14.2 Å². The van der Waals surface area contributed by atoms with Gasteiger partial charge in [-0.25, -0.2) is 0 Å². The van der Waals surface area contributed by atoms with Gasteiger partial charge in [-0.1, -0.05) is 198 Å². The number of unbranched alkanes of at least 4 members (excludes halogenated alkanes) is 22. The highest BCUT2D eigenvalue weighted by Crippen LogP contribution is 2.14. The minimum absolute atomic E-state index is 0.0808.